The van der Waals surface area contributed by atoms with E-state index in [0.717, 1.165) is 0 Å². The van der Waals surface area contributed by atoms with Gasteiger partial charge in [0.25, 0.3) is 0 Å². The Labute approximate surface area is 152 Å². The average Bonchev–Trinajstić information content (AvgIpc) is 2.62. The highest BCUT2D eigenvalue weighted by Gasteiger charge is 2.23. The van der Waals surface area contributed by atoms with E-state index < -0.39 is 12.1 Å². The Kier molecular flexibility index (Phi) is 7.98. The highest BCUT2D eigenvalue weighted by molar-refractivity contribution is 5.94. The fourth-order valence-electron chi connectivity index (χ4n) is 2.24. The lowest BCUT2D eigenvalue weighted by Crippen LogP contribution is -2.35. The average molecular weight is 367 g/mol. The van der Waals surface area contributed by atoms with E-state index in [1.807, 2.05) is 0 Å². The van der Waals surface area contributed by atoms with E-state index in [0.29, 0.717) is 17.9 Å². The smallest absolute Gasteiger partial charge is 0.412 e. The summed E-state index contributed by atoms with van der Waals surface area (Å²) in [6, 6.07) is 1.40. The molecule has 0 fully saturated rings. The quantitative estimate of drug-likeness (QED) is 0.699. The molecule has 1 rings (SSSR count). The second-order valence-corrected chi connectivity index (χ2v) is 5.89. The van der Waals surface area contributed by atoms with Crippen molar-refractivity contribution in [2.75, 3.05) is 32.4 Å². The molecule has 1 N–H and O–H groups in total. The van der Waals surface area contributed by atoms with Crippen molar-refractivity contribution >= 4 is 23.8 Å². The van der Waals surface area contributed by atoms with Crippen molar-refractivity contribution in [1.82, 2.24) is 9.88 Å². The fourth-order valence-corrected chi connectivity index (χ4v) is 2.24. The van der Waals surface area contributed by atoms with Crippen molar-refractivity contribution in [3.63, 3.8) is 0 Å². The largest absolute Gasteiger partial charge is 0.478 e. The summed E-state index contributed by atoms with van der Waals surface area (Å²) in [6.07, 6.45) is 0.573. The number of nitrogens with zero attached hydrogens (tertiary/aromatic N) is 3. The molecule has 0 aliphatic carbocycles. The second kappa shape index (κ2) is 9.71. The zero-order valence-electron chi connectivity index (χ0n) is 15.7. The molecule has 0 atom stereocenters. The summed E-state index contributed by atoms with van der Waals surface area (Å²) < 4.78 is 9.64. The Balaban J connectivity index is 3.23. The van der Waals surface area contributed by atoms with E-state index in [1.165, 1.54) is 29.2 Å². The predicted molar refractivity (Wildman–Crippen MR) is 93.9 cm³/mol. The number of carbonyl (C=O) groups is 3. The minimum Gasteiger partial charge on any atom is -0.478 e. The lowest BCUT2D eigenvalue weighted by molar-refractivity contribution is -0.121. The lowest BCUT2D eigenvalue weighted by Gasteiger charge is -2.25. The van der Waals surface area contributed by atoms with Gasteiger partial charge in [0.15, 0.2) is 6.79 Å². The van der Waals surface area contributed by atoms with Crippen LogP contribution in [-0.4, -0.2) is 60.5 Å². The first-order chi connectivity index (χ1) is 12.2. The van der Waals surface area contributed by atoms with Crippen LogP contribution in [-0.2, 0) is 20.8 Å². The van der Waals surface area contributed by atoms with Crippen LogP contribution in [0.25, 0.3) is 0 Å². The molecular formula is C17H25N3O6. The Morgan fingerprint density at radius 3 is 2.46 bits per heavy atom. The minimum absolute atomic E-state index is 0.0320. The highest BCUT2D eigenvalue weighted by atomic mass is 16.7. The monoisotopic (exact) mass is 367 g/mol. The van der Waals surface area contributed by atoms with Gasteiger partial charge in [-0.15, -0.1) is 0 Å². The van der Waals surface area contributed by atoms with E-state index in [2.05, 4.69) is 4.98 Å². The molecule has 0 aliphatic heterocycles. The van der Waals surface area contributed by atoms with Crippen LogP contribution in [0, 0.1) is 5.92 Å². The number of aromatic carboxylic acids is 1. The summed E-state index contributed by atoms with van der Waals surface area (Å²) in [7, 11) is 2.96. The molecule has 0 aliphatic rings. The minimum atomic E-state index is -1.15. The number of anilines is 1. The number of ether oxygens (including phenoxy) is 2. The number of hydrogen-bond acceptors (Lipinski definition) is 6. The van der Waals surface area contributed by atoms with Crippen molar-refractivity contribution in [2.24, 2.45) is 5.92 Å². The molecule has 0 saturated heterocycles. The third kappa shape index (κ3) is 5.41. The van der Waals surface area contributed by atoms with Crippen LogP contribution in [0.2, 0.25) is 0 Å². The van der Waals surface area contributed by atoms with Gasteiger partial charge in [0.1, 0.15) is 5.82 Å². The molecule has 9 heteroatoms. The van der Waals surface area contributed by atoms with Gasteiger partial charge >= 0.3 is 12.1 Å². The molecule has 1 aromatic rings. The van der Waals surface area contributed by atoms with Crippen LogP contribution in [0.15, 0.2) is 12.3 Å². The second-order valence-electron chi connectivity index (χ2n) is 5.89. The van der Waals surface area contributed by atoms with Crippen molar-refractivity contribution in [3.8, 4) is 0 Å². The highest BCUT2D eigenvalue weighted by Crippen LogP contribution is 2.22. The molecule has 0 saturated carbocycles. The van der Waals surface area contributed by atoms with Crippen LogP contribution in [0.3, 0.4) is 0 Å². The molecule has 26 heavy (non-hydrogen) atoms. The molecule has 2 amide bonds. The molecule has 0 unspecified atom stereocenters. The maximum Gasteiger partial charge on any atom is 0.412 e. The first kappa shape index (κ1) is 21.4. The molecule has 144 valence electrons. The van der Waals surface area contributed by atoms with Crippen LogP contribution in [0.5, 0.6) is 0 Å². The molecule has 0 bridgehead atoms. The number of amides is 2. The van der Waals surface area contributed by atoms with E-state index in [4.69, 9.17) is 9.47 Å². The van der Waals surface area contributed by atoms with Gasteiger partial charge in [-0.25, -0.2) is 14.6 Å². The first-order valence-electron chi connectivity index (χ1n) is 8.13. The maximum absolute atomic E-state index is 12.3. The predicted octanol–water partition coefficient (Wildman–Crippen LogP) is 1.96. The standard InChI is InChI=1S/C17H25N3O6/c1-6-20(17(24)26-10-25-5)9-13-7-12(16(22)23)8-18-14(13)19(4)15(21)11(2)3/h7-8,11H,6,9-10H2,1-5H3,(H,22,23). The van der Waals surface area contributed by atoms with Gasteiger partial charge in [-0.1, -0.05) is 13.8 Å². The SMILES string of the molecule is CCN(Cc1cc(C(=O)O)cnc1N(C)C(=O)C(C)C)C(=O)OCOC. The van der Waals surface area contributed by atoms with Crippen molar-refractivity contribution < 1.29 is 29.0 Å². The molecule has 0 aromatic carbocycles. The zero-order valence-corrected chi connectivity index (χ0v) is 15.7. The number of carboxylic acids is 1. The van der Waals surface area contributed by atoms with Gasteiger partial charge in [-0.3, -0.25) is 9.69 Å². The number of hydrogen-bond donors (Lipinski definition) is 1. The van der Waals surface area contributed by atoms with E-state index in [1.54, 1.807) is 27.8 Å². The maximum atomic E-state index is 12.3. The summed E-state index contributed by atoms with van der Waals surface area (Å²) in [6.45, 7) is 5.43. The summed E-state index contributed by atoms with van der Waals surface area (Å²) in [4.78, 5) is 42.5. The third-order valence-electron chi connectivity index (χ3n) is 3.63. The Morgan fingerprint density at radius 1 is 1.31 bits per heavy atom. The van der Waals surface area contributed by atoms with Crippen molar-refractivity contribution in [2.45, 2.75) is 27.3 Å². The van der Waals surface area contributed by atoms with Gasteiger partial charge in [0.2, 0.25) is 5.91 Å². The van der Waals surface area contributed by atoms with Gasteiger partial charge < -0.3 is 19.5 Å². The molecule has 1 aromatic heterocycles. The van der Waals surface area contributed by atoms with Crippen LogP contribution >= 0.6 is 0 Å². The molecule has 9 nitrogen and oxygen atoms in total. The zero-order chi connectivity index (χ0) is 19.9. The van der Waals surface area contributed by atoms with Crippen molar-refractivity contribution in [3.05, 3.63) is 23.4 Å². The lowest BCUT2D eigenvalue weighted by atomic mass is 10.1. The van der Waals surface area contributed by atoms with Gasteiger partial charge in [-0.05, 0) is 13.0 Å². The fraction of sp³-hybridized carbons (Fsp3) is 0.529. The number of aromatic nitrogens is 1. The van der Waals surface area contributed by atoms with Gasteiger partial charge in [0, 0.05) is 38.4 Å². The Bertz CT molecular complexity index is 662. The van der Waals surface area contributed by atoms with E-state index >= 15 is 0 Å². The summed E-state index contributed by atoms with van der Waals surface area (Å²) in [5.74, 6) is -1.28. The topological polar surface area (TPSA) is 109 Å². The molecule has 1 heterocycles. The first-order valence-corrected chi connectivity index (χ1v) is 8.13. The summed E-state index contributed by atoms with van der Waals surface area (Å²) in [5.41, 5.74) is 0.396. The normalized spacial score (nSPS) is 10.5. The third-order valence-corrected chi connectivity index (χ3v) is 3.63. The molecule has 0 spiro atoms. The van der Waals surface area contributed by atoms with E-state index in [-0.39, 0.29) is 30.7 Å². The number of pyridine rings is 1. The van der Waals surface area contributed by atoms with Crippen molar-refractivity contribution in [1.29, 1.82) is 0 Å². The number of methoxy groups -OCH3 is 1. The van der Waals surface area contributed by atoms with Crippen LogP contribution in [0.1, 0.15) is 36.7 Å². The van der Waals surface area contributed by atoms with Gasteiger partial charge in [0.05, 0.1) is 12.1 Å². The van der Waals surface area contributed by atoms with Crippen LogP contribution < -0.4 is 4.90 Å². The molecule has 0 radical (unpaired) electrons. The Morgan fingerprint density at radius 2 is 1.96 bits per heavy atom. The number of rotatable bonds is 8. The van der Waals surface area contributed by atoms with Gasteiger partial charge in [-0.2, -0.15) is 0 Å². The van der Waals surface area contributed by atoms with E-state index in [9.17, 15) is 19.5 Å². The number of carbonyl (C=O) groups excluding carboxylic acids is 2. The summed E-state index contributed by atoms with van der Waals surface area (Å²) >= 11 is 0. The Hall–Kier alpha value is -2.68. The summed E-state index contributed by atoms with van der Waals surface area (Å²) in [5, 5.41) is 9.21. The molecular weight excluding hydrogens is 342 g/mol. The number of carboxylic acid groups (broad SMARTS) is 1. The van der Waals surface area contributed by atoms with Crippen LogP contribution in [0.4, 0.5) is 10.6 Å².